The summed E-state index contributed by atoms with van der Waals surface area (Å²) in [5.41, 5.74) is 0.125. The van der Waals surface area contributed by atoms with Crippen LogP contribution in [0.25, 0.3) is 11.0 Å². The number of carbonyl (C=O) groups is 1. The van der Waals surface area contributed by atoms with Crippen LogP contribution in [0.3, 0.4) is 0 Å². The average Bonchev–Trinajstić information content (AvgIpc) is 2.65. The summed E-state index contributed by atoms with van der Waals surface area (Å²) in [7, 11) is 0. The van der Waals surface area contributed by atoms with Crippen LogP contribution in [-0.2, 0) is 4.79 Å². The first-order valence-electron chi connectivity index (χ1n) is 9.20. The van der Waals surface area contributed by atoms with E-state index in [-0.39, 0.29) is 11.5 Å². The molecule has 3 heterocycles. The lowest BCUT2D eigenvalue weighted by molar-refractivity contribution is -0.136. The Morgan fingerprint density at radius 2 is 2.04 bits per heavy atom. The molecule has 0 aromatic carbocycles. The molecule has 0 spiro atoms. The minimum Gasteiger partial charge on any atom is -0.341 e. The molecule has 0 N–H and O–H groups in total. The first-order valence-corrected chi connectivity index (χ1v) is 10.2. The summed E-state index contributed by atoms with van der Waals surface area (Å²) in [5.74, 6) is 1.50. The summed E-state index contributed by atoms with van der Waals surface area (Å²) >= 11 is 1.50. The average molecular weight is 375 g/mol. The molecule has 1 fully saturated rings. The highest BCUT2D eigenvalue weighted by Crippen LogP contribution is 2.21. The van der Waals surface area contributed by atoms with Gasteiger partial charge >= 0.3 is 0 Å². The Balaban J connectivity index is 1.92. The van der Waals surface area contributed by atoms with E-state index in [1.54, 1.807) is 0 Å². The van der Waals surface area contributed by atoms with Crippen molar-refractivity contribution in [3.63, 3.8) is 0 Å². The highest BCUT2D eigenvalue weighted by Gasteiger charge is 2.28. The third-order valence-corrected chi connectivity index (χ3v) is 5.64. The minimum absolute atomic E-state index is 0.00160. The van der Waals surface area contributed by atoms with Crippen molar-refractivity contribution in [1.82, 2.24) is 24.4 Å². The lowest BCUT2D eigenvalue weighted by Gasteiger charge is -2.33. The predicted octanol–water partition coefficient (Wildman–Crippen LogP) is 2.51. The van der Waals surface area contributed by atoms with Gasteiger partial charge in [-0.25, -0.2) is 15.0 Å². The monoisotopic (exact) mass is 375 g/mol. The van der Waals surface area contributed by atoms with E-state index in [1.807, 2.05) is 18.7 Å². The van der Waals surface area contributed by atoms with E-state index >= 15 is 0 Å². The zero-order valence-electron chi connectivity index (χ0n) is 15.5. The van der Waals surface area contributed by atoms with E-state index in [4.69, 9.17) is 0 Å². The maximum atomic E-state index is 13.0. The van der Waals surface area contributed by atoms with Gasteiger partial charge in [0, 0.05) is 19.3 Å². The maximum Gasteiger partial charge on any atom is 0.265 e. The number of nitrogens with zero attached hydrogens (tertiary/aromatic N) is 5. The van der Waals surface area contributed by atoms with Crippen molar-refractivity contribution >= 4 is 28.7 Å². The molecule has 2 aromatic rings. The number of hydrogen-bond acceptors (Lipinski definition) is 6. The van der Waals surface area contributed by atoms with Gasteiger partial charge in [-0.05, 0) is 30.9 Å². The van der Waals surface area contributed by atoms with Gasteiger partial charge in [0.05, 0.1) is 0 Å². The largest absolute Gasteiger partial charge is 0.341 e. The normalized spacial score (nSPS) is 16.8. The first kappa shape index (κ1) is 18.8. The standard InChI is InChI=1S/C18H25N5O2S/c1-4-14(17(25)22-8-6-12(3)7-9-22)23-11-20-15-13(16(23)24)10-19-18(21-15)26-5-2/h10-12,14H,4-9H2,1-3H3/t14-/m0/s1. The molecule has 8 heteroatoms. The number of amides is 1. The molecule has 1 amide bonds. The Labute approximate surface area is 157 Å². The van der Waals surface area contributed by atoms with Crippen LogP contribution in [-0.4, -0.2) is 49.2 Å². The van der Waals surface area contributed by atoms with E-state index in [1.165, 1.54) is 28.9 Å². The molecule has 26 heavy (non-hydrogen) atoms. The second-order valence-corrected chi connectivity index (χ2v) is 7.94. The summed E-state index contributed by atoms with van der Waals surface area (Å²) in [6, 6.07) is -0.530. The van der Waals surface area contributed by atoms with Gasteiger partial charge < -0.3 is 4.90 Å². The van der Waals surface area contributed by atoms with E-state index in [0.29, 0.717) is 28.5 Å². The summed E-state index contributed by atoms with van der Waals surface area (Å²) in [5, 5.41) is 0.960. The zero-order valence-corrected chi connectivity index (χ0v) is 16.3. The fraction of sp³-hybridized carbons (Fsp3) is 0.611. The molecule has 1 aliphatic rings. The van der Waals surface area contributed by atoms with E-state index in [2.05, 4.69) is 21.9 Å². The lowest BCUT2D eigenvalue weighted by Crippen LogP contribution is -2.44. The van der Waals surface area contributed by atoms with Crippen LogP contribution >= 0.6 is 11.8 Å². The highest BCUT2D eigenvalue weighted by atomic mass is 32.2. The topological polar surface area (TPSA) is 81.0 Å². The third kappa shape index (κ3) is 3.75. The fourth-order valence-corrected chi connectivity index (χ4v) is 3.80. The molecule has 0 unspecified atom stereocenters. The summed E-state index contributed by atoms with van der Waals surface area (Å²) in [6.07, 6.45) is 5.54. The lowest BCUT2D eigenvalue weighted by atomic mass is 9.98. The van der Waals surface area contributed by atoms with Crippen molar-refractivity contribution in [2.24, 2.45) is 5.92 Å². The number of aromatic nitrogens is 4. The number of fused-ring (bicyclic) bond motifs is 1. The van der Waals surface area contributed by atoms with Crippen LogP contribution in [0.4, 0.5) is 0 Å². The Morgan fingerprint density at radius 3 is 2.69 bits per heavy atom. The number of rotatable bonds is 5. The molecule has 0 saturated carbocycles. The molecule has 7 nitrogen and oxygen atoms in total. The molecule has 2 aromatic heterocycles. The molecule has 0 aliphatic carbocycles. The fourth-order valence-electron chi connectivity index (χ4n) is 3.27. The van der Waals surface area contributed by atoms with Gasteiger partial charge in [0.2, 0.25) is 5.91 Å². The van der Waals surface area contributed by atoms with Crippen molar-refractivity contribution < 1.29 is 4.79 Å². The van der Waals surface area contributed by atoms with E-state index in [9.17, 15) is 9.59 Å². The van der Waals surface area contributed by atoms with Gasteiger partial charge in [0.1, 0.15) is 17.8 Å². The van der Waals surface area contributed by atoms with Crippen molar-refractivity contribution in [3.8, 4) is 0 Å². The molecule has 3 rings (SSSR count). The van der Waals surface area contributed by atoms with Crippen LogP contribution in [0.2, 0.25) is 0 Å². The molecule has 1 aliphatic heterocycles. The SMILES string of the molecule is CCSc1ncc2c(=O)n([C@@H](CC)C(=O)N3CCC(C)CC3)cnc2n1. The van der Waals surface area contributed by atoms with E-state index < -0.39 is 6.04 Å². The molecule has 140 valence electrons. The van der Waals surface area contributed by atoms with Gasteiger partial charge in [-0.3, -0.25) is 14.2 Å². The molecular weight excluding hydrogens is 350 g/mol. The van der Waals surface area contributed by atoms with Crippen LogP contribution in [0.15, 0.2) is 22.5 Å². The van der Waals surface area contributed by atoms with Crippen molar-refractivity contribution in [1.29, 1.82) is 0 Å². The van der Waals surface area contributed by atoms with Gasteiger partial charge in [-0.1, -0.05) is 32.5 Å². The Morgan fingerprint density at radius 1 is 1.31 bits per heavy atom. The quantitative estimate of drug-likeness (QED) is 0.590. The summed E-state index contributed by atoms with van der Waals surface area (Å²) < 4.78 is 1.44. The number of thioether (sulfide) groups is 1. The van der Waals surface area contributed by atoms with Crippen LogP contribution in [0.1, 0.15) is 46.1 Å². The molecule has 1 saturated heterocycles. The Hall–Kier alpha value is -1.96. The molecule has 1 atom stereocenters. The Bertz CT molecular complexity index is 845. The number of hydrogen-bond donors (Lipinski definition) is 0. The number of carbonyl (C=O) groups excluding carboxylic acids is 1. The number of piperidine rings is 1. The summed E-state index contributed by atoms with van der Waals surface area (Å²) in [6.45, 7) is 7.66. The Kier molecular flexibility index (Phi) is 5.90. The molecule has 0 bridgehead atoms. The second-order valence-electron chi connectivity index (χ2n) is 6.71. The third-order valence-electron chi connectivity index (χ3n) is 4.89. The van der Waals surface area contributed by atoms with Crippen LogP contribution in [0, 0.1) is 5.92 Å². The van der Waals surface area contributed by atoms with Crippen molar-refractivity contribution in [3.05, 3.63) is 22.9 Å². The van der Waals surface area contributed by atoms with Gasteiger partial charge in [0.25, 0.3) is 5.56 Å². The van der Waals surface area contributed by atoms with E-state index in [0.717, 1.165) is 31.7 Å². The second kappa shape index (κ2) is 8.16. The molecule has 0 radical (unpaired) electrons. The van der Waals surface area contributed by atoms with Gasteiger partial charge in [-0.15, -0.1) is 0 Å². The van der Waals surface area contributed by atoms with Crippen molar-refractivity contribution in [2.45, 2.75) is 51.2 Å². The van der Waals surface area contributed by atoms with Gasteiger partial charge in [-0.2, -0.15) is 0 Å². The van der Waals surface area contributed by atoms with Crippen LogP contribution < -0.4 is 5.56 Å². The number of likely N-dealkylation sites (tertiary alicyclic amines) is 1. The molecular formula is C18H25N5O2S. The zero-order chi connectivity index (χ0) is 18.7. The summed E-state index contributed by atoms with van der Waals surface area (Å²) in [4.78, 5) is 40.6. The predicted molar refractivity (Wildman–Crippen MR) is 102 cm³/mol. The highest BCUT2D eigenvalue weighted by molar-refractivity contribution is 7.99. The van der Waals surface area contributed by atoms with Crippen LogP contribution in [0.5, 0.6) is 0 Å². The smallest absolute Gasteiger partial charge is 0.265 e. The van der Waals surface area contributed by atoms with Crippen molar-refractivity contribution in [2.75, 3.05) is 18.8 Å². The van der Waals surface area contributed by atoms with Gasteiger partial charge in [0.15, 0.2) is 10.8 Å². The maximum absolute atomic E-state index is 13.0. The first-order chi connectivity index (χ1) is 12.5. The minimum atomic E-state index is -0.530.